The predicted octanol–water partition coefficient (Wildman–Crippen LogP) is 2.05. The Bertz CT molecular complexity index is 399. The van der Waals surface area contributed by atoms with Crippen LogP contribution in [0.15, 0.2) is 18.2 Å². The van der Waals surface area contributed by atoms with Crippen molar-refractivity contribution in [2.24, 2.45) is 11.7 Å². The molecule has 0 bridgehead atoms. The van der Waals surface area contributed by atoms with Gasteiger partial charge in [-0.15, -0.1) is 0 Å². The van der Waals surface area contributed by atoms with E-state index in [4.69, 9.17) is 15.2 Å². The van der Waals surface area contributed by atoms with Gasteiger partial charge in [0.05, 0.1) is 13.2 Å². The van der Waals surface area contributed by atoms with Crippen LogP contribution in [0, 0.1) is 5.92 Å². The van der Waals surface area contributed by atoms with Crippen LogP contribution >= 0.6 is 0 Å². The lowest BCUT2D eigenvalue weighted by Crippen LogP contribution is -2.29. The number of hydrogen-bond acceptors (Lipinski definition) is 3. The Morgan fingerprint density at radius 1 is 1.29 bits per heavy atom. The van der Waals surface area contributed by atoms with Crippen LogP contribution in [0.2, 0.25) is 0 Å². The first-order valence-corrected chi connectivity index (χ1v) is 6.43. The van der Waals surface area contributed by atoms with Crippen molar-refractivity contribution >= 4 is 0 Å². The van der Waals surface area contributed by atoms with E-state index in [9.17, 15) is 0 Å². The van der Waals surface area contributed by atoms with Crippen LogP contribution in [0.5, 0.6) is 5.75 Å². The topological polar surface area (TPSA) is 44.5 Å². The minimum absolute atomic E-state index is 0.0983. The van der Waals surface area contributed by atoms with Crippen molar-refractivity contribution in [3.05, 3.63) is 29.3 Å². The molecule has 2 heterocycles. The van der Waals surface area contributed by atoms with Crippen LogP contribution in [-0.2, 0) is 11.2 Å². The number of hydrogen-bond donors (Lipinski definition) is 1. The zero-order chi connectivity index (χ0) is 11.7. The summed E-state index contributed by atoms with van der Waals surface area (Å²) in [5.74, 6) is 1.49. The van der Waals surface area contributed by atoms with Crippen molar-refractivity contribution in [3.8, 4) is 5.75 Å². The Morgan fingerprint density at radius 3 is 3.06 bits per heavy atom. The molecule has 1 aromatic carbocycles. The summed E-state index contributed by atoms with van der Waals surface area (Å²) in [5.41, 5.74) is 8.87. The fourth-order valence-corrected chi connectivity index (χ4v) is 2.73. The molecule has 0 spiro atoms. The standard InChI is InChI=1S/C14H19NO2/c15-14(12-2-1-6-16-9-12)11-3-4-13-10(8-11)5-7-17-13/h3-4,8,12,14H,1-2,5-7,9,15H2. The van der Waals surface area contributed by atoms with Crippen molar-refractivity contribution < 1.29 is 9.47 Å². The summed E-state index contributed by atoms with van der Waals surface area (Å²) in [4.78, 5) is 0. The maximum Gasteiger partial charge on any atom is 0.122 e. The molecule has 3 heteroatoms. The first-order chi connectivity index (χ1) is 8.34. The molecule has 2 atom stereocenters. The molecule has 3 rings (SSSR count). The fraction of sp³-hybridized carbons (Fsp3) is 0.571. The highest BCUT2D eigenvalue weighted by Crippen LogP contribution is 2.32. The maximum atomic E-state index is 6.34. The fourth-order valence-electron chi connectivity index (χ4n) is 2.73. The monoisotopic (exact) mass is 233 g/mol. The average Bonchev–Trinajstić information content (AvgIpc) is 2.86. The van der Waals surface area contributed by atoms with Gasteiger partial charge >= 0.3 is 0 Å². The largest absolute Gasteiger partial charge is 0.493 e. The van der Waals surface area contributed by atoms with E-state index in [1.165, 1.54) is 17.5 Å². The van der Waals surface area contributed by atoms with E-state index < -0.39 is 0 Å². The summed E-state index contributed by atoms with van der Waals surface area (Å²) >= 11 is 0. The number of rotatable bonds is 2. The van der Waals surface area contributed by atoms with Crippen LogP contribution in [0.25, 0.3) is 0 Å². The van der Waals surface area contributed by atoms with Gasteiger partial charge in [0.2, 0.25) is 0 Å². The predicted molar refractivity (Wildman–Crippen MR) is 66.1 cm³/mol. The van der Waals surface area contributed by atoms with E-state index in [2.05, 4.69) is 18.2 Å². The van der Waals surface area contributed by atoms with E-state index in [1.807, 2.05) is 0 Å². The van der Waals surface area contributed by atoms with Crippen molar-refractivity contribution in [3.63, 3.8) is 0 Å². The molecular formula is C14H19NO2. The molecule has 2 unspecified atom stereocenters. The Hall–Kier alpha value is -1.06. The minimum Gasteiger partial charge on any atom is -0.493 e. The number of ether oxygens (including phenoxy) is 2. The lowest BCUT2D eigenvalue weighted by molar-refractivity contribution is 0.0447. The number of fused-ring (bicyclic) bond motifs is 1. The summed E-state index contributed by atoms with van der Waals surface area (Å²) in [7, 11) is 0. The Kier molecular flexibility index (Phi) is 3.04. The molecular weight excluding hydrogens is 214 g/mol. The summed E-state index contributed by atoms with van der Waals surface area (Å²) < 4.78 is 11.0. The zero-order valence-electron chi connectivity index (χ0n) is 10.0. The van der Waals surface area contributed by atoms with Crippen LogP contribution in [0.1, 0.15) is 30.0 Å². The smallest absolute Gasteiger partial charge is 0.122 e. The summed E-state index contributed by atoms with van der Waals surface area (Å²) in [5, 5.41) is 0. The second-order valence-corrected chi connectivity index (χ2v) is 4.97. The van der Waals surface area contributed by atoms with E-state index in [0.29, 0.717) is 5.92 Å². The van der Waals surface area contributed by atoms with E-state index in [0.717, 1.165) is 38.4 Å². The third-order valence-corrected chi connectivity index (χ3v) is 3.80. The summed E-state index contributed by atoms with van der Waals surface area (Å²) in [6.07, 6.45) is 3.32. The molecule has 2 aliphatic heterocycles. The van der Waals surface area contributed by atoms with Crippen molar-refractivity contribution in [1.82, 2.24) is 0 Å². The van der Waals surface area contributed by atoms with Gasteiger partial charge in [-0.25, -0.2) is 0 Å². The minimum atomic E-state index is 0.0983. The highest BCUT2D eigenvalue weighted by atomic mass is 16.5. The molecule has 92 valence electrons. The summed E-state index contributed by atoms with van der Waals surface area (Å²) in [6.45, 7) is 2.50. The molecule has 0 radical (unpaired) electrons. The molecule has 1 saturated heterocycles. The first kappa shape index (κ1) is 11.1. The van der Waals surface area contributed by atoms with E-state index in [-0.39, 0.29) is 6.04 Å². The van der Waals surface area contributed by atoms with E-state index >= 15 is 0 Å². The van der Waals surface area contributed by atoms with Gasteiger partial charge in [0, 0.05) is 25.0 Å². The maximum absolute atomic E-state index is 6.34. The molecule has 17 heavy (non-hydrogen) atoms. The second kappa shape index (κ2) is 4.67. The molecule has 3 nitrogen and oxygen atoms in total. The van der Waals surface area contributed by atoms with Crippen LogP contribution in [-0.4, -0.2) is 19.8 Å². The lowest BCUT2D eigenvalue weighted by atomic mass is 9.88. The van der Waals surface area contributed by atoms with Crippen molar-refractivity contribution in [2.75, 3.05) is 19.8 Å². The normalized spacial score (nSPS) is 25.1. The number of benzene rings is 1. The second-order valence-electron chi connectivity index (χ2n) is 4.97. The van der Waals surface area contributed by atoms with Gasteiger partial charge in [-0.1, -0.05) is 12.1 Å². The molecule has 0 amide bonds. The van der Waals surface area contributed by atoms with Crippen LogP contribution in [0.4, 0.5) is 0 Å². The molecule has 0 aromatic heterocycles. The average molecular weight is 233 g/mol. The Balaban J connectivity index is 1.78. The van der Waals surface area contributed by atoms with Crippen LogP contribution in [0.3, 0.4) is 0 Å². The lowest BCUT2D eigenvalue weighted by Gasteiger charge is -2.28. The first-order valence-electron chi connectivity index (χ1n) is 6.43. The van der Waals surface area contributed by atoms with Crippen molar-refractivity contribution in [2.45, 2.75) is 25.3 Å². The van der Waals surface area contributed by atoms with Crippen LogP contribution < -0.4 is 10.5 Å². The SMILES string of the molecule is NC(c1ccc2c(c1)CCO2)C1CCCOC1. The van der Waals surface area contributed by atoms with Gasteiger partial charge in [0.25, 0.3) is 0 Å². The molecule has 1 fully saturated rings. The van der Waals surface area contributed by atoms with Gasteiger partial charge in [-0.3, -0.25) is 0 Å². The van der Waals surface area contributed by atoms with E-state index in [1.54, 1.807) is 0 Å². The Labute approximate surface area is 102 Å². The molecule has 1 aromatic rings. The molecule has 0 aliphatic carbocycles. The molecule has 0 saturated carbocycles. The molecule has 2 aliphatic rings. The molecule has 2 N–H and O–H groups in total. The van der Waals surface area contributed by atoms with Gasteiger partial charge < -0.3 is 15.2 Å². The highest BCUT2D eigenvalue weighted by molar-refractivity contribution is 5.40. The number of nitrogens with two attached hydrogens (primary N) is 1. The van der Waals surface area contributed by atoms with Gasteiger partial charge in [0.1, 0.15) is 5.75 Å². The zero-order valence-corrected chi connectivity index (χ0v) is 10.0. The van der Waals surface area contributed by atoms with Gasteiger partial charge in [0.15, 0.2) is 0 Å². The third-order valence-electron chi connectivity index (χ3n) is 3.80. The van der Waals surface area contributed by atoms with Gasteiger partial charge in [-0.05, 0) is 30.0 Å². The summed E-state index contributed by atoms with van der Waals surface area (Å²) in [6, 6.07) is 6.47. The Morgan fingerprint density at radius 2 is 2.24 bits per heavy atom. The highest BCUT2D eigenvalue weighted by Gasteiger charge is 2.23. The van der Waals surface area contributed by atoms with Gasteiger partial charge in [-0.2, -0.15) is 0 Å². The third kappa shape index (κ3) is 2.17. The van der Waals surface area contributed by atoms with Crippen molar-refractivity contribution in [1.29, 1.82) is 0 Å². The quantitative estimate of drug-likeness (QED) is 0.850.